The average Bonchev–Trinajstić information content (AvgIpc) is 3.17. The number of benzene rings is 3. The van der Waals surface area contributed by atoms with Gasteiger partial charge in [0, 0.05) is 16.0 Å². The van der Waals surface area contributed by atoms with Crippen LogP contribution in [0.2, 0.25) is 5.02 Å². The van der Waals surface area contributed by atoms with Gasteiger partial charge in [0.15, 0.2) is 5.13 Å². The summed E-state index contributed by atoms with van der Waals surface area (Å²) in [5.74, 6) is 0.554. The van der Waals surface area contributed by atoms with Crippen molar-refractivity contribution < 1.29 is 9.53 Å². The van der Waals surface area contributed by atoms with Crippen LogP contribution in [0.1, 0.15) is 6.42 Å². The Morgan fingerprint density at radius 2 is 1.82 bits per heavy atom. The molecular weight excluding hydrogens is 392 g/mol. The van der Waals surface area contributed by atoms with Gasteiger partial charge in [0.2, 0.25) is 5.91 Å². The van der Waals surface area contributed by atoms with Crippen LogP contribution in [0.3, 0.4) is 0 Å². The summed E-state index contributed by atoms with van der Waals surface area (Å²) in [5.41, 5.74) is 1.88. The lowest BCUT2D eigenvalue weighted by Crippen LogP contribution is -2.15. The largest absolute Gasteiger partial charge is 0.493 e. The van der Waals surface area contributed by atoms with Crippen LogP contribution in [0.25, 0.3) is 22.0 Å². The van der Waals surface area contributed by atoms with E-state index in [1.165, 1.54) is 16.7 Å². The zero-order chi connectivity index (χ0) is 19.3. The first kappa shape index (κ1) is 18.5. The van der Waals surface area contributed by atoms with Crippen LogP contribution in [0.4, 0.5) is 5.13 Å². The first-order valence-electron chi connectivity index (χ1n) is 8.80. The molecule has 1 N–H and O–H groups in total. The summed E-state index contributed by atoms with van der Waals surface area (Å²) >= 11 is 7.25. The molecule has 28 heavy (non-hydrogen) atoms. The monoisotopic (exact) mass is 408 g/mol. The quantitative estimate of drug-likeness (QED) is 0.424. The van der Waals surface area contributed by atoms with Crippen LogP contribution in [0.5, 0.6) is 5.75 Å². The molecule has 6 heteroatoms. The van der Waals surface area contributed by atoms with Gasteiger partial charge in [-0.3, -0.25) is 4.79 Å². The van der Waals surface area contributed by atoms with Gasteiger partial charge in [-0.15, -0.1) is 11.3 Å². The van der Waals surface area contributed by atoms with Gasteiger partial charge in [-0.1, -0.05) is 48.0 Å². The summed E-state index contributed by atoms with van der Waals surface area (Å²) < 4.78 is 5.55. The number of nitrogens with one attached hydrogen (secondary N) is 1. The molecule has 4 rings (SSSR count). The molecule has 0 saturated heterocycles. The van der Waals surface area contributed by atoms with Gasteiger partial charge in [-0.2, -0.15) is 0 Å². The van der Waals surface area contributed by atoms with E-state index in [1.807, 2.05) is 23.6 Å². The Kier molecular flexibility index (Phi) is 5.55. The maximum Gasteiger partial charge on any atom is 0.229 e. The van der Waals surface area contributed by atoms with E-state index in [-0.39, 0.29) is 18.9 Å². The highest BCUT2D eigenvalue weighted by atomic mass is 35.5. The number of hydrogen-bond acceptors (Lipinski definition) is 4. The molecule has 0 fully saturated rings. The topological polar surface area (TPSA) is 51.2 Å². The van der Waals surface area contributed by atoms with Crippen molar-refractivity contribution in [1.82, 2.24) is 4.98 Å². The minimum atomic E-state index is -0.131. The van der Waals surface area contributed by atoms with Crippen LogP contribution in [-0.4, -0.2) is 17.5 Å². The SMILES string of the molecule is O=C(CCOc1ccc(Cl)cc1)Nc1nc(-c2ccc3ccccc3c2)cs1. The number of carbonyl (C=O) groups is 1. The molecule has 0 unspecified atom stereocenters. The van der Waals surface area contributed by atoms with Gasteiger partial charge >= 0.3 is 0 Å². The standard InChI is InChI=1S/C22H17ClN2O2S/c23-18-7-9-19(10-8-18)27-12-11-21(26)25-22-24-20(14-28-22)17-6-5-15-3-1-2-4-16(15)13-17/h1-10,13-14H,11-12H2,(H,24,25,26). The Balaban J connectivity index is 1.34. The molecule has 140 valence electrons. The summed E-state index contributed by atoms with van der Waals surface area (Å²) in [5, 5.41) is 8.37. The van der Waals surface area contributed by atoms with E-state index in [1.54, 1.807) is 24.3 Å². The fourth-order valence-corrected chi connectivity index (χ4v) is 3.65. The Labute approximate surface area is 171 Å². The minimum absolute atomic E-state index is 0.131. The van der Waals surface area contributed by atoms with E-state index in [0.29, 0.717) is 15.9 Å². The van der Waals surface area contributed by atoms with Gasteiger partial charge in [-0.25, -0.2) is 4.98 Å². The molecule has 0 atom stereocenters. The lowest BCUT2D eigenvalue weighted by Gasteiger charge is -2.06. The summed E-state index contributed by atoms with van der Waals surface area (Å²) in [6.45, 7) is 0.288. The molecule has 1 aromatic heterocycles. The van der Waals surface area contributed by atoms with Crippen LogP contribution in [0, 0.1) is 0 Å². The van der Waals surface area contributed by atoms with Crippen LogP contribution < -0.4 is 10.1 Å². The third-order valence-electron chi connectivity index (χ3n) is 4.21. The highest BCUT2D eigenvalue weighted by molar-refractivity contribution is 7.14. The van der Waals surface area contributed by atoms with E-state index in [9.17, 15) is 4.79 Å². The highest BCUT2D eigenvalue weighted by Crippen LogP contribution is 2.27. The molecule has 0 bridgehead atoms. The molecule has 4 nitrogen and oxygen atoms in total. The first-order chi connectivity index (χ1) is 13.7. The van der Waals surface area contributed by atoms with Gasteiger partial charge in [0.05, 0.1) is 18.7 Å². The number of nitrogens with zero attached hydrogens (tertiary/aromatic N) is 1. The molecule has 0 aliphatic rings. The van der Waals surface area contributed by atoms with Crippen LogP contribution >= 0.6 is 22.9 Å². The summed E-state index contributed by atoms with van der Waals surface area (Å²) in [7, 11) is 0. The molecule has 4 aromatic rings. The maximum absolute atomic E-state index is 12.1. The van der Waals surface area contributed by atoms with Crippen LogP contribution in [0.15, 0.2) is 72.1 Å². The van der Waals surface area contributed by atoms with Gasteiger partial charge in [0.1, 0.15) is 5.75 Å². The number of carbonyl (C=O) groups excluding carboxylic acids is 1. The van der Waals surface area contributed by atoms with E-state index >= 15 is 0 Å². The predicted molar refractivity (Wildman–Crippen MR) is 115 cm³/mol. The number of aromatic nitrogens is 1. The fraction of sp³-hybridized carbons (Fsp3) is 0.0909. The van der Waals surface area contributed by atoms with Crippen molar-refractivity contribution >= 4 is 44.7 Å². The van der Waals surface area contributed by atoms with Gasteiger partial charge in [-0.05, 0) is 41.1 Å². The summed E-state index contributed by atoms with van der Waals surface area (Å²) in [6.07, 6.45) is 0.244. The third-order valence-corrected chi connectivity index (χ3v) is 5.22. The number of halogens is 1. The number of anilines is 1. The van der Waals surface area contributed by atoms with E-state index in [0.717, 1.165) is 16.6 Å². The molecular formula is C22H17ClN2O2S. The third kappa shape index (κ3) is 4.50. The van der Waals surface area contributed by atoms with Crippen molar-refractivity contribution in [2.24, 2.45) is 0 Å². The molecule has 1 heterocycles. The number of hydrogen-bond donors (Lipinski definition) is 1. The summed E-state index contributed by atoms with van der Waals surface area (Å²) in [6, 6.07) is 21.5. The lowest BCUT2D eigenvalue weighted by atomic mass is 10.1. The predicted octanol–water partition coefficient (Wildman–Crippen LogP) is 6.02. The molecule has 0 saturated carbocycles. The van der Waals surface area contributed by atoms with Gasteiger partial charge < -0.3 is 10.1 Å². The molecule has 3 aromatic carbocycles. The molecule has 1 amide bonds. The van der Waals surface area contributed by atoms with Crippen molar-refractivity contribution in [2.75, 3.05) is 11.9 Å². The van der Waals surface area contributed by atoms with Crippen molar-refractivity contribution in [1.29, 1.82) is 0 Å². The van der Waals surface area contributed by atoms with Crippen LogP contribution in [-0.2, 0) is 4.79 Å². The fourth-order valence-electron chi connectivity index (χ4n) is 2.79. The molecule has 0 spiro atoms. The summed E-state index contributed by atoms with van der Waals surface area (Å²) in [4.78, 5) is 16.7. The first-order valence-corrected chi connectivity index (χ1v) is 10.1. The van der Waals surface area contributed by atoms with Crippen molar-refractivity contribution in [3.05, 3.63) is 77.1 Å². The van der Waals surface area contributed by atoms with Gasteiger partial charge in [0.25, 0.3) is 0 Å². The second kappa shape index (κ2) is 8.42. The zero-order valence-corrected chi connectivity index (χ0v) is 16.5. The number of amides is 1. The van der Waals surface area contributed by atoms with Crippen molar-refractivity contribution in [3.63, 3.8) is 0 Å². The molecule has 0 aliphatic heterocycles. The second-order valence-electron chi connectivity index (χ2n) is 6.20. The number of rotatable bonds is 6. The second-order valence-corrected chi connectivity index (χ2v) is 7.49. The van der Waals surface area contributed by atoms with E-state index < -0.39 is 0 Å². The van der Waals surface area contributed by atoms with E-state index in [4.69, 9.17) is 16.3 Å². The Morgan fingerprint density at radius 3 is 2.64 bits per heavy atom. The smallest absolute Gasteiger partial charge is 0.229 e. The zero-order valence-electron chi connectivity index (χ0n) is 14.9. The van der Waals surface area contributed by atoms with E-state index in [2.05, 4.69) is 34.6 Å². The lowest BCUT2D eigenvalue weighted by molar-refractivity contribution is -0.116. The Morgan fingerprint density at radius 1 is 1.04 bits per heavy atom. The van der Waals surface area contributed by atoms with Crippen molar-refractivity contribution in [2.45, 2.75) is 6.42 Å². The Bertz CT molecular complexity index is 1110. The molecule has 0 radical (unpaired) electrons. The number of fused-ring (bicyclic) bond motifs is 1. The maximum atomic E-state index is 12.1. The number of ether oxygens (including phenoxy) is 1. The average molecular weight is 409 g/mol. The number of thiazole rings is 1. The van der Waals surface area contributed by atoms with Crippen molar-refractivity contribution in [3.8, 4) is 17.0 Å². The minimum Gasteiger partial charge on any atom is -0.493 e. The normalized spacial score (nSPS) is 10.8. The Hall–Kier alpha value is -2.89. The highest BCUT2D eigenvalue weighted by Gasteiger charge is 2.09. The molecule has 0 aliphatic carbocycles.